The smallest absolute Gasteiger partial charge is 0.381 e. The Labute approximate surface area is 855 Å². The molecule has 5 spiro atoms. The summed E-state index contributed by atoms with van der Waals surface area (Å²) in [6, 6.07) is 16.8. The minimum Gasteiger partial charge on any atom is -0.381 e. The number of ether oxygens (including phenoxy) is 1. The molecule has 6 saturated heterocycles. The minimum absolute atomic E-state index is 0.0381. The molecule has 4 aliphatic carbocycles. The number of pyridine rings is 4. The van der Waals surface area contributed by atoms with Crippen LogP contribution in [0.2, 0.25) is 10.0 Å². The van der Waals surface area contributed by atoms with Gasteiger partial charge < -0.3 is 57.9 Å². The van der Waals surface area contributed by atoms with Crippen molar-refractivity contribution in [2.75, 3.05) is 125 Å². The van der Waals surface area contributed by atoms with E-state index in [0.717, 1.165) is 236 Å². The lowest BCUT2D eigenvalue weighted by atomic mass is 9.71. The molecule has 143 heavy (non-hydrogen) atoms. The van der Waals surface area contributed by atoms with Gasteiger partial charge in [0.25, 0.3) is 0 Å². The zero-order valence-electron chi connectivity index (χ0n) is 80.1. The molecule has 4 saturated carbocycles. The number of piperidine rings is 5. The zero-order valence-corrected chi connectivity index (χ0v) is 85.7. The number of aromatic nitrogens is 14. The third-order valence-electron chi connectivity index (χ3n) is 31.4. The molecular formula is C99H118Cl2F12N24OS5. The number of benzene rings is 1. The van der Waals surface area contributed by atoms with E-state index in [2.05, 4.69) is 129 Å². The van der Waals surface area contributed by atoms with E-state index in [4.69, 9.17) is 56.6 Å². The maximum atomic E-state index is 13.2. The molecule has 2 unspecified atom stereocenters. The zero-order chi connectivity index (χ0) is 102. The van der Waals surface area contributed by atoms with E-state index in [1.165, 1.54) is 150 Å². The van der Waals surface area contributed by atoms with Crippen LogP contribution in [0, 0.1) is 51.2 Å². The molecule has 1 aromatic carbocycles. The Morgan fingerprint density at radius 1 is 0.301 bits per heavy atom. The van der Waals surface area contributed by atoms with E-state index in [0.29, 0.717) is 71.7 Å². The van der Waals surface area contributed by atoms with Crippen LogP contribution in [-0.4, -0.2) is 147 Å². The van der Waals surface area contributed by atoms with Crippen LogP contribution >= 0.6 is 82.0 Å². The van der Waals surface area contributed by atoms with Crippen LogP contribution in [0.4, 0.5) is 111 Å². The van der Waals surface area contributed by atoms with Gasteiger partial charge in [-0.1, -0.05) is 174 Å². The molecule has 25 nitrogen and oxygen atoms in total. The standard InChI is InChI=1S/C20H24Cl2N4S.3C20H24F3N5S.C19H22F3N5OS/c1-13-4-3-7-20(13)8-10-26(11-9-20)16-12-24-19(18(23)25-16)27-15-6-2-5-14(21)17(15)22;3*1-13-4-2-6-19(13)7-10-28(11-8-19)15-12-26-18(17(24)27-15)29-14-5-3-9-25-16(14)20(21,22)23;1-12-4-10-28-18(12)5-8-27(9-6-18)14-11-25-17(16(23)26-14)29-13-3-2-7-24-15(13)19(20,21)22/h2,5-6,12-13H,3-4,7-11H2,1H3,(H2,23,25);3*3,5,9,12-13H,2,4,6-8,10-11H2,1H3,(H2,24,27);2-3,7,11-12H,4-6,8-10H2,1H3,(H2,23,26)/t;2*13-;;12-/m.10.0/s1. The summed E-state index contributed by atoms with van der Waals surface area (Å²) in [4.78, 5) is 69.6. The van der Waals surface area contributed by atoms with Gasteiger partial charge in [-0.15, -0.1) is 0 Å². The number of nitrogens with two attached hydrogens (primary N) is 5. The first-order valence-electron chi connectivity index (χ1n) is 48.6. The number of anilines is 10. The van der Waals surface area contributed by atoms with Gasteiger partial charge >= 0.3 is 24.7 Å². The van der Waals surface area contributed by atoms with Crippen molar-refractivity contribution in [2.24, 2.45) is 51.2 Å². The van der Waals surface area contributed by atoms with Crippen LogP contribution in [0.5, 0.6) is 0 Å². The maximum absolute atomic E-state index is 13.2. The number of nitrogen functional groups attached to an aromatic ring is 5. The molecule has 6 aliphatic heterocycles. The summed E-state index contributed by atoms with van der Waals surface area (Å²) in [6.45, 7) is 21.6. The summed E-state index contributed by atoms with van der Waals surface area (Å²) in [5, 5.41) is 2.68. The molecule has 9 aromatic heterocycles. The average Bonchev–Trinajstić information content (AvgIpc) is 1.77. The lowest BCUT2D eigenvalue weighted by Gasteiger charge is -2.42. The topological polar surface area (TPSA) is 336 Å². The largest absolute Gasteiger partial charge is 0.434 e. The third-order valence-corrected chi connectivity index (χ3v) is 37.6. The van der Waals surface area contributed by atoms with Gasteiger partial charge in [0, 0.05) is 121 Å². The van der Waals surface area contributed by atoms with Gasteiger partial charge in [-0.2, -0.15) is 52.7 Å². The quantitative estimate of drug-likeness (QED) is 0.0595. The van der Waals surface area contributed by atoms with Crippen LogP contribution in [0.1, 0.15) is 205 Å². The van der Waals surface area contributed by atoms with Crippen molar-refractivity contribution >= 4 is 140 Å². The normalized spacial score (nSPS) is 21.7. The second-order valence-corrected chi connectivity index (χ2v) is 45.1. The van der Waals surface area contributed by atoms with Crippen LogP contribution in [0.3, 0.4) is 0 Å². The maximum Gasteiger partial charge on any atom is 0.434 e. The molecule has 44 heteroatoms. The van der Waals surface area contributed by atoms with Gasteiger partial charge in [0.1, 0.15) is 54.2 Å². The fourth-order valence-corrected chi connectivity index (χ4v) is 27.2. The number of alkyl halides is 12. The highest BCUT2D eigenvalue weighted by molar-refractivity contribution is 8.00. The average molecular weight is 2120 g/mol. The van der Waals surface area contributed by atoms with Crippen molar-refractivity contribution < 1.29 is 57.4 Å². The minimum atomic E-state index is -4.55. The molecule has 0 radical (unpaired) electrons. The van der Waals surface area contributed by atoms with Gasteiger partial charge in [0.15, 0.2) is 51.9 Å². The molecule has 10 aliphatic rings. The number of rotatable bonds is 15. The van der Waals surface area contributed by atoms with Gasteiger partial charge in [-0.05, 0) is 208 Å². The molecule has 768 valence electrons. The summed E-state index contributed by atoms with van der Waals surface area (Å²) in [6.07, 6.45) is 22.7. The Morgan fingerprint density at radius 2 is 0.531 bits per heavy atom. The van der Waals surface area contributed by atoms with Gasteiger partial charge in [-0.25, -0.2) is 49.8 Å². The van der Waals surface area contributed by atoms with Crippen molar-refractivity contribution in [1.29, 1.82) is 0 Å². The molecule has 5 atom stereocenters. The van der Waals surface area contributed by atoms with Crippen molar-refractivity contribution in [3.05, 3.63) is 155 Å². The third kappa shape index (κ3) is 24.7. The fraction of sp³-hybridized carbons (Fsp3) is 0.535. The van der Waals surface area contributed by atoms with Gasteiger partial charge in [0.05, 0.1) is 46.6 Å². The Balaban J connectivity index is 0.000000128. The molecule has 0 amide bonds. The lowest BCUT2D eigenvalue weighted by molar-refractivity contribution is -0.144. The monoisotopic (exact) mass is 2120 g/mol. The fourth-order valence-electron chi connectivity index (χ4n) is 22.4. The van der Waals surface area contributed by atoms with Gasteiger partial charge in [0.2, 0.25) is 0 Å². The van der Waals surface area contributed by atoms with Crippen molar-refractivity contribution in [2.45, 2.75) is 262 Å². The van der Waals surface area contributed by atoms with Crippen molar-refractivity contribution in [3.8, 4) is 0 Å². The highest BCUT2D eigenvalue weighted by Crippen LogP contribution is 2.57. The van der Waals surface area contributed by atoms with E-state index in [9.17, 15) is 52.7 Å². The number of halogens is 14. The summed E-state index contributed by atoms with van der Waals surface area (Å²) >= 11 is 17.1. The molecule has 10 aromatic rings. The van der Waals surface area contributed by atoms with Crippen LogP contribution in [0.25, 0.3) is 0 Å². The molecule has 10 N–H and O–H groups in total. The number of nitrogens with zero attached hydrogens (tertiary/aromatic N) is 19. The van der Waals surface area contributed by atoms with E-state index in [1.54, 1.807) is 30.9 Å². The summed E-state index contributed by atoms with van der Waals surface area (Å²) < 4.78 is 164. The van der Waals surface area contributed by atoms with Crippen LogP contribution in [0.15, 0.2) is 172 Å². The predicted molar refractivity (Wildman–Crippen MR) is 538 cm³/mol. The summed E-state index contributed by atoms with van der Waals surface area (Å²) in [7, 11) is 0. The molecule has 15 heterocycles. The first kappa shape index (κ1) is 106. The van der Waals surface area contributed by atoms with E-state index in [-0.39, 0.29) is 68.6 Å². The SMILES string of the molecule is CC1CCCC12CCN(c1cnc(Sc3cccc(Cl)c3Cl)c(N)n1)CC2.CC1CCCC12CCN(c1cnc(Sc3cccnc3C(F)(F)F)c(N)n1)CC2.C[C@@H]1CCCC12CCN(c1cnc(Sc3cccnc3C(F)(F)F)c(N)n1)CC2.C[C@H]1CCCC12CCN(c1cnc(Sc3cccnc3C(F)(F)F)c(N)n1)CC2.C[C@H]1CCOC12CCN(c1cnc(Sc3cccnc3C(F)(F)F)c(N)n1)CC2. The van der Waals surface area contributed by atoms with Crippen molar-refractivity contribution in [3.63, 3.8) is 0 Å². The first-order valence-corrected chi connectivity index (χ1v) is 53.4. The van der Waals surface area contributed by atoms with Crippen molar-refractivity contribution in [1.82, 2.24) is 69.8 Å². The Hall–Kier alpha value is -9.33. The lowest BCUT2D eigenvalue weighted by Crippen LogP contribution is -2.47. The number of hydrogen-bond acceptors (Lipinski definition) is 30. The molecular weight excluding hydrogens is 2000 g/mol. The van der Waals surface area contributed by atoms with E-state index >= 15 is 0 Å². The molecule has 0 bridgehead atoms. The van der Waals surface area contributed by atoms with E-state index < -0.39 is 47.5 Å². The Bertz CT molecular complexity index is 5470. The number of hydrogen-bond donors (Lipinski definition) is 5. The summed E-state index contributed by atoms with van der Waals surface area (Å²) in [5.74, 6) is 8.21. The summed E-state index contributed by atoms with van der Waals surface area (Å²) in [5.41, 5.74) is 28.5. The predicted octanol–water partition coefficient (Wildman–Crippen LogP) is 25.0. The van der Waals surface area contributed by atoms with Crippen LogP contribution < -0.4 is 53.2 Å². The second kappa shape index (κ2) is 44.8. The molecule has 10 fully saturated rings. The first-order chi connectivity index (χ1) is 68.1. The second-order valence-electron chi connectivity index (χ2n) is 39.2. The highest BCUT2D eigenvalue weighted by atomic mass is 35.5. The Kier molecular flexibility index (Phi) is 33.3. The Morgan fingerprint density at radius 3 is 0.741 bits per heavy atom. The van der Waals surface area contributed by atoms with Crippen LogP contribution in [-0.2, 0) is 29.4 Å². The van der Waals surface area contributed by atoms with E-state index in [1.807, 2.05) is 18.3 Å². The highest BCUT2D eigenvalue weighted by Gasteiger charge is 2.50. The molecule has 20 rings (SSSR count). The van der Waals surface area contributed by atoms with Gasteiger partial charge in [-0.3, -0.25) is 19.9 Å².